The topological polar surface area (TPSA) is 56.2 Å². The Balaban J connectivity index is 1.83. The zero-order valence-corrected chi connectivity index (χ0v) is 12.1. The Labute approximate surface area is 128 Å². The highest BCUT2D eigenvalue weighted by Crippen LogP contribution is 2.25. The van der Waals surface area contributed by atoms with E-state index in [4.69, 9.17) is 4.74 Å². The summed E-state index contributed by atoms with van der Waals surface area (Å²) in [5.41, 5.74) is 0.456. The number of amides is 1. The lowest BCUT2D eigenvalue weighted by Crippen LogP contribution is -2.13. The summed E-state index contributed by atoms with van der Waals surface area (Å²) in [6.45, 7) is 0. The van der Waals surface area contributed by atoms with Crippen molar-refractivity contribution in [3.63, 3.8) is 0 Å². The minimum atomic E-state index is -0.259. The molecular formula is C17H15N3O2. The monoisotopic (exact) mass is 293 g/mol. The van der Waals surface area contributed by atoms with Crippen LogP contribution < -0.4 is 10.1 Å². The number of nitrogens with zero attached hydrogens (tertiary/aromatic N) is 2. The van der Waals surface area contributed by atoms with Crippen molar-refractivity contribution in [3.8, 4) is 11.5 Å². The molecule has 0 spiro atoms. The molecule has 3 rings (SSSR count). The van der Waals surface area contributed by atoms with Gasteiger partial charge in [0.05, 0.1) is 5.56 Å². The summed E-state index contributed by atoms with van der Waals surface area (Å²) in [5.74, 6) is 1.43. The molecule has 1 amide bonds. The van der Waals surface area contributed by atoms with Crippen molar-refractivity contribution in [2.24, 2.45) is 7.05 Å². The number of hydrogen-bond acceptors (Lipinski definition) is 3. The number of ether oxygens (including phenoxy) is 1. The third kappa shape index (κ3) is 3.15. The summed E-state index contributed by atoms with van der Waals surface area (Å²) in [7, 11) is 1.79. The van der Waals surface area contributed by atoms with Crippen LogP contribution in [0.25, 0.3) is 0 Å². The van der Waals surface area contributed by atoms with E-state index in [2.05, 4.69) is 10.4 Å². The van der Waals surface area contributed by atoms with Crippen molar-refractivity contribution in [2.45, 2.75) is 0 Å². The van der Waals surface area contributed by atoms with E-state index in [-0.39, 0.29) is 5.91 Å². The molecule has 0 radical (unpaired) electrons. The molecule has 2 aromatic carbocycles. The molecule has 0 aliphatic rings. The van der Waals surface area contributed by atoms with Gasteiger partial charge >= 0.3 is 0 Å². The number of rotatable bonds is 4. The fourth-order valence-electron chi connectivity index (χ4n) is 2.02. The fraction of sp³-hybridized carbons (Fsp3) is 0.0588. The number of carbonyl (C=O) groups excluding carboxylic acids is 1. The maximum absolute atomic E-state index is 12.4. The van der Waals surface area contributed by atoms with E-state index in [0.717, 1.165) is 0 Å². The van der Waals surface area contributed by atoms with Gasteiger partial charge in [-0.3, -0.25) is 9.48 Å². The van der Waals surface area contributed by atoms with Gasteiger partial charge in [0.15, 0.2) is 5.82 Å². The molecule has 0 aliphatic heterocycles. The first kappa shape index (κ1) is 13.9. The highest BCUT2D eigenvalue weighted by atomic mass is 16.5. The maximum Gasteiger partial charge on any atom is 0.260 e. The molecule has 0 aliphatic carbocycles. The maximum atomic E-state index is 12.4. The molecule has 1 N–H and O–H groups in total. The van der Waals surface area contributed by atoms with Gasteiger partial charge in [-0.2, -0.15) is 5.10 Å². The Bertz CT molecular complexity index is 781. The van der Waals surface area contributed by atoms with Gasteiger partial charge in [-0.05, 0) is 24.3 Å². The van der Waals surface area contributed by atoms with E-state index < -0.39 is 0 Å². The predicted octanol–water partition coefficient (Wildman–Crippen LogP) is 3.46. The van der Waals surface area contributed by atoms with Gasteiger partial charge in [0.2, 0.25) is 0 Å². The second kappa shape index (κ2) is 6.13. The number of benzene rings is 2. The molecule has 5 nitrogen and oxygen atoms in total. The Morgan fingerprint density at radius 2 is 1.77 bits per heavy atom. The van der Waals surface area contributed by atoms with Crippen LogP contribution in [-0.2, 0) is 7.05 Å². The largest absolute Gasteiger partial charge is 0.457 e. The number of nitrogens with one attached hydrogen (secondary N) is 1. The third-order valence-corrected chi connectivity index (χ3v) is 3.06. The molecule has 0 saturated heterocycles. The minimum absolute atomic E-state index is 0.259. The Morgan fingerprint density at radius 1 is 1.05 bits per heavy atom. The number of hydrogen-bond donors (Lipinski definition) is 1. The van der Waals surface area contributed by atoms with Crippen molar-refractivity contribution in [1.82, 2.24) is 9.78 Å². The standard InChI is InChI=1S/C17H15N3O2/c1-20-12-11-16(19-20)18-17(21)14-9-5-6-10-15(14)22-13-7-3-2-4-8-13/h2-12H,1H3,(H,18,19,21). The van der Waals surface area contributed by atoms with Gasteiger partial charge in [-0.1, -0.05) is 30.3 Å². The summed E-state index contributed by atoms with van der Waals surface area (Å²) >= 11 is 0. The van der Waals surface area contributed by atoms with E-state index in [0.29, 0.717) is 22.9 Å². The number of aromatic nitrogens is 2. The summed E-state index contributed by atoms with van der Waals surface area (Å²) in [4.78, 5) is 12.4. The number of anilines is 1. The van der Waals surface area contributed by atoms with Gasteiger partial charge < -0.3 is 10.1 Å². The van der Waals surface area contributed by atoms with Crippen LogP contribution in [0.5, 0.6) is 11.5 Å². The first-order chi connectivity index (χ1) is 10.7. The zero-order valence-electron chi connectivity index (χ0n) is 12.1. The van der Waals surface area contributed by atoms with Crippen LogP contribution in [0.3, 0.4) is 0 Å². The molecule has 110 valence electrons. The van der Waals surface area contributed by atoms with E-state index in [1.807, 2.05) is 36.4 Å². The van der Waals surface area contributed by atoms with Gasteiger partial charge in [0.25, 0.3) is 5.91 Å². The SMILES string of the molecule is Cn1ccc(NC(=O)c2ccccc2Oc2ccccc2)n1. The molecule has 1 aromatic heterocycles. The van der Waals surface area contributed by atoms with Crippen LogP contribution in [0, 0.1) is 0 Å². The molecule has 22 heavy (non-hydrogen) atoms. The molecule has 0 atom stereocenters. The Hall–Kier alpha value is -3.08. The Morgan fingerprint density at radius 3 is 2.50 bits per heavy atom. The van der Waals surface area contributed by atoms with Crippen LogP contribution >= 0.6 is 0 Å². The predicted molar refractivity (Wildman–Crippen MR) is 84.1 cm³/mol. The molecule has 0 unspecified atom stereocenters. The van der Waals surface area contributed by atoms with Gasteiger partial charge in [0, 0.05) is 19.3 Å². The first-order valence-electron chi connectivity index (χ1n) is 6.85. The number of carbonyl (C=O) groups is 1. The quantitative estimate of drug-likeness (QED) is 0.801. The minimum Gasteiger partial charge on any atom is -0.457 e. The first-order valence-corrected chi connectivity index (χ1v) is 6.85. The average Bonchev–Trinajstić information content (AvgIpc) is 2.94. The molecule has 5 heteroatoms. The van der Waals surface area contributed by atoms with Gasteiger partial charge in [-0.15, -0.1) is 0 Å². The van der Waals surface area contributed by atoms with E-state index >= 15 is 0 Å². The second-order valence-corrected chi connectivity index (χ2v) is 4.74. The lowest BCUT2D eigenvalue weighted by Gasteiger charge is -2.10. The van der Waals surface area contributed by atoms with Crippen molar-refractivity contribution in [2.75, 3.05) is 5.32 Å². The van der Waals surface area contributed by atoms with Crippen LogP contribution in [0.4, 0.5) is 5.82 Å². The molecule has 0 fully saturated rings. The molecule has 1 heterocycles. The number of para-hydroxylation sites is 2. The molecule has 0 bridgehead atoms. The summed E-state index contributed by atoms with van der Waals surface area (Å²) in [6, 6.07) is 18.2. The van der Waals surface area contributed by atoms with Crippen LogP contribution in [0.1, 0.15) is 10.4 Å². The summed E-state index contributed by atoms with van der Waals surface area (Å²) in [5, 5.41) is 6.89. The molecule has 3 aromatic rings. The van der Waals surface area contributed by atoms with E-state index in [9.17, 15) is 4.79 Å². The summed E-state index contributed by atoms with van der Waals surface area (Å²) in [6.07, 6.45) is 1.77. The normalized spacial score (nSPS) is 10.2. The fourth-order valence-corrected chi connectivity index (χ4v) is 2.02. The van der Waals surface area contributed by atoms with Crippen LogP contribution in [-0.4, -0.2) is 15.7 Å². The van der Waals surface area contributed by atoms with Crippen molar-refractivity contribution < 1.29 is 9.53 Å². The molecular weight excluding hydrogens is 278 g/mol. The van der Waals surface area contributed by atoms with Crippen molar-refractivity contribution in [3.05, 3.63) is 72.4 Å². The van der Waals surface area contributed by atoms with Crippen molar-refractivity contribution in [1.29, 1.82) is 0 Å². The van der Waals surface area contributed by atoms with Gasteiger partial charge in [0.1, 0.15) is 11.5 Å². The van der Waals surface area contributed by atoms with Crippen molar-refractivity contribution >= 4 is 11.7 Å². The zero-order chi connectivity index (χ0) is 15.4. The number of aryl methyl sites for hydroxylation is 1. The van der Waals surface area contributed by atoms with Crippen LogP contribution in [0.2, 0.25) is 0 Å². The summed E-state index contributed by atoms with van der Waals surface area (Å²) < 4.78 is 7.41. The van der Waals surface area contributed by atoms with Crippen LogP contribution in [0.15, 0.2) is 66.9 Å². The smallest absolute Gasteiger partial charge is 0.260 e. The highest BCUT2D eigenvalue weighted by Gasteiger charge is 2.13. The average molecular weight is 293 g/mol. The van der Waals surface area contributed by atoms with E-state index in [1.54, 1.807) is 42.2 Å². The highest BCUT2D eigenvalue weighted by molar-refractivity contribution is 6.05. The lowest BCUT2D eigenvalue weighted by molar-refractivity contribution is 0.102. The van der Waals surface area contributed by atoms with Gasteiger partial charge in [-0.25, -0.2) is 0 Å². The Kier molecular flexibility index (Phi) is 3.87. The second-order valence-electron chi connectivity index (χ2n) is 4.74. The third-order valence-electron chi connectivity index (χ3n) is 3.06. The lowest BCUT2D eigenvalue weighted by atomic mass is 10.2. The van der Waals surface area contributed by atoms with E-state index in [1.165, 1.54) is 0 Å². The molecule has 0 saturated carbocycles.